The third kappa shape index (κ3) is 10.1. The van der Waals surface area contributed by atoms with Crippen molar-refractivity contribution >= 4 is 16.9 Å². The quantitative estimate of drug-likeness (QED) is 0.391. The summed E-state index contributed by atoms with van der Waals surface area (Å²) in [5.41, 5.74) is 0. The molecule has 0 aliphatic carbocycles. The van der Waals surface area contributed by atoms with Gasteiger partial charge in [0.1, 0.15) is 0 Å². The number of thioether (sulfide) groups is 1. The van der Waals surface area contributed by atoms with E-state index < -0.39 is 0 Å². The van der Waals surface area contributed by atoms with Gasteiger partial charge in [-0.2, -0.15) is 0 Å². The normalized spacial score (nSPS) is 11.8. The van der Waals surface area contributed by atoms with Crippen LogP contribution in [0.5, 0.6) is 0 Å². The van der Waals surface area contributed by atoms with E-state index in [1.807, 2.05) is 0 Å². The van der Waals surface area contributed by atoms with Crippen molar-refractivity contribution in [1.82, 2.24) is 5.32 Å². The number of hydrogen-bond acceptors (Lipinski definition) is 2. The zero-order valence-electron chi connectivity index (χ0n) is 10.5. The lowest BCUT2D eigenvalue weighted by Crippen LogP contribution is -2.21. The van der Waals surface area contributed by atoms with E-state index in [9.17, 15) is 0 Å². The summed E-state index contributed by atoms with van der Waals surface area (Å²) >= 11 is 1.72. The van der Waals surface area contributed by atoms with Crippen molar-refractivity contribution in [2.75, 3.05) is 19.3 Å². The molecule has 2 nitrogen and oxygen atoms in total. The number of nitrogens with one attached hydrogen (secondary N) is 1. The fraction of sp³-hybridized carbons (Fsp3) is 0.917. The van der Waals surface area contributed by atoms with E-state index in [0.717, 1.165) is 18.3 Å². The molecule has 3 heteroatoms. The van der Waals surface area contributed by atoms with Gasteiger partial charge in [0.05, 0.1) is 0 Å². The van der Waals surface area contributed by atoms with Crippen molar-refractivity contribution in [2.45, 2.75) is 52.4 Å². The summed E-state index contributed by atoms with van der Waals surface area (Å²) in [5, 5.41) is 4.51. The first-order valence-electron chi connectivity index (χ1n) is 6.17. The molecule has 0 rings (SSSR count). The highest BCUT2D eigenvalue weighted by Crippen LogP contribution is 2.00. The molecule has 0 radical (unpaired) electrons. The van der Waals surface area contributed by atoms with E-state index in [4.69, 9.17) is 0 Å². The molecule has 0 amide bonds. The molecule has 0 aromatic heterocycles. The van der Waals surface area contributed by atoms with Crippen LogP contribution in [-0.2, 0) is 0 Å². The summed E-state index contributed by atoms with van der Waals surface area (Å²) in [4.78, 5) is 4.55. The van der Waals surface area contributed by atoms with Gasteiger partial charge in [-0.15, -0.1) is 0 Å². The number of aliphatic imine (C=N–C) groups is 1. The Bertz CT molecular complexity index is 158. The second-order valence-corrected chi connectivity index (χ2v) is 4.53. The molecule has 1 N–H and O–H groups in total. The first-order valence-corrected chi connectivity index (χ1v) is 7.39. The van der Waals surface area contributed by atoms with Gasteiger partial charge < -0.3 is 5.32 Å². The molecule has 0 aliphatic rings. The Balaban J connectivity index is 3.51. The van der Waals surface area contributed by atoms with E-state index in [0.29, 0.717) is 0 Å². The maximum Gasteiger partial charge on any atom is 0.156 e. The molecular formula is C12H26N2S. The van der Waals surface area contributed by atoms with Crippen LogP contribution in [0, 0.1) is 0 Å². The smallest absolute Gasteiger partial charge is 0.156 e. The van der Waals surface area contributed by atoms with Gasteiger partial charge in [0.15, 0.2) is 5.17 Å². The number of nitrogens with zero attached hydrogens (tertiary/aromatic N) is 1. The Morgan fingerprint density at radius 2 is 1.73 bits per heavy atom. The van der Waals surface area contributed by atoms with Gasteiger partial charge in [-0.1, -0.05) is 51.3 Å². The Morgan fingerprint density at radius 1 is 1.07 bits per heavy atom. The van der Waals surface area contributed by atoms with Gasteiger partial charge in [-0.3, -0.25) is 4.99 Å². The second kappa shape index (κ2) is 11.9. The third-order valence-electron chi connectivity index (χ3n) is 2.27. The maximum absolute atomic E-state index is 4.55. The van der Waals surface area contributed by atoms with E-state index >= 15 is 0 Å². The highest BCUT2D eigenvalue weighted by molar-refractivity contribution is 8.13. The monoisotopic (exact) mass is 230 g/mol. The van der Waals surface area contributed by atoms with Crippen LogP contribution in [-0.4, -0.2) is 24.5 Å². The van der Waals surface area contributed by atoms with Gasteiger partial charge in [0, 0.05) is 13.1 Å². The minimum absolute atomic E-state index is 0.977. The molecule has 15 heavy (non-hydrogen) atoms. The van der Waals surface area contributed by atoms with Crippen molar-refractivity contribution in [2.24, 2.45) is 4.99 Å². The summed E-state index contributed by atoms with van der Waals surface area (Å²) in [6, 6.07) is 0. The van der Waals surface area contributed by atoms with Gasteiger partial charge in [-0.25, -0.2) is 0 Å². The predicted octanol–water partition coefficient (Wildman–Crippen LogP) is 3.68. The molecule has 0 aliphatic heterocycles. The molecule has 0 spiro atoms. The van der Waals surface area contributed by atoms with Crippen LogP contribution in [0.4, 0.5) is 0 Å². The lowest BCUT2D eigenvalue weighted by molar-refractivity contribution is 0.693. The number of rotatable bonds is 8. The number of hydrogen-bond donors (Lipinski definition) is 1. The van der Waals surface area contributed by atoms with Crippen LogP contribution in [0.3, 0.4) is 0 Å². The summed E-state index contributed by atoms with van der Waals surface area (Å²) in [6.07, 6.45) is 9.72. The Morgan fingerprint density at radius 3 is 2.33 bits per heavy atom. The van der Waals surface area contributed by atoms with Crippen LogP contribution in [0.1, 0.15) is 52.4 Å². The van der Waals surface area contributed by atoms with Gasteiger partial charge in [-0.05, 0) is 19.1 Å². The van der Waals surface area contributed by atoms with Gasteiger partial charge in [0.25, 0.3) is 0 Å². The molecule has 0 aromatic carbocycles. The van der Waals surface area contributed by atoms with Gasteiger partial charge in [0.2, 0.25) is 0 Å². The first kappa shape index (κ1) is 14.8. The van der Waals surface area contributed by atoms with Crippen molar-refractivity contribution in [3.63, 3.8) is 0 Å². The third-order valence-corrected chi connectivity index (χ3v) is 2.93. The molecular weight excluding hydrogens is 204 g/mol. The summed E-state index contributed by atoms with van der Waals surface area (Å²) in [6.45, 7) is 6.50. The van der Waals surface area contributed by atoms with Crippen molar-refractivity contribution in [3.8, 4) is 0 Å². The topological polar surface area (TPSA) is 24.4 Å². The molecule has 0 aromatic rings. The fourth-order valence-corrected chi connectivity index (χ4v) is 1.77. The Hall–Kier alpha value is -0.180. The zero-order valence-corrected chi connectivity index (χ0v) is 11.3. The Kier molecular flexibility index (Phi) is 11.7. The van der Waals surface area contributed by atoms with Crippen molar-refractivity contribution in [1.29, 1.82) is 0 Å². The minimum Gasteiger partial charge on any atom is -0.365 e. The predicted molar refractivity (Wildman–Crippen MR) is 72.9 cm³/mol. The van der Waals surface area contributed by atoms with Gasteiger partial charge >= 0.3 is 0 Å². The first-order chi connectivity index (χ1) is 7.35. The molecule has 0 unspecified atom stereocenters. The largest absolute Gasteiger partial charge is 0.365 e. The van der Waals surface area contributed by atoms with E-state index in [1.165, 1.54) is 38.5 Å². The molecule has 0 heterocycles. The molecule has 0 saturated heterocycles. The highest BCUT2D eigenvalue weighted by Gasteiger charge is 1.94. The molecule has 0 fully saturated rings. The molecule has 0 bridgehead atoms. The van der Waals surface area contributed by atoms with Crippen molar-refractivity contribution in [3.05, 3.63) is 0 Å². The maximum atomic E-state index is 4.55. The van der Waals surface area contributed by atoms with E-state index in [2.05, 4.69) is 30.4 Å². The summed E-state index contributed by atoms with van der Waals surface area (Å²) in [7, 11) is 0. The number of amidine groups is 1. The SMILES string of the molecule is CCCCCN=C(NCCCCC)SC. The number of unbranched alkanes of at least 4 members (excludes halogenated alkanes) is 4. The molecule has 0 atom stereocenters. The summed E-state index contributed by atoms with van der Waals surface area (Å²) in [5.74, 6) is 0. The molecule has 0 saturated carbocycles. The van der Waals surface area contributed by atoms with Crippen LogP contribution in [0.2, 0.25) is 0 Å². The van der Waals surface area contributed by atoms with Crippen LogP contribution < -0.4 is 5.32 Å². The van der Waals surface area contributed by atoms with E-state index in [-0.39, 0.29) is 0 Å². The second-order valence-electron chi connectivity index (χ2n) is 3.73. The summed E-state index contributed by atoms with van der Waals surface area (Å²) < 4.78 is 0. The fourth-order valence-electron chi connectivity index (χ4n) is 1.31. The average Bonchev–Trinajstić information content (AvgIpc) is 2.27. The Labute approximate surface area is 99.3 Å². The van der Waals surface area contributed by atoms with Crippen molar-refractivity contribution < 1.29 is 0 Å². The lowest BCUT2D eigenvalue weighted by Gasteiger charge is -2.06. The minimum atomic E-state index is 0.977. The standard InChI is InChI=1S/C12H26N2S/c1-4-6-8-10-13-12(15-3)14-11-9-7-5-2/h4-11H2,1-3H3,(H,13,14). The molecule has 90 valence electrons. The van der Waals surface area contributed by atoms with E-state index in [1.54, 1.807) is 11.8 Å². The lowest BCUT2D eigenvalue weighted by atomic mass is 10.2. The average molecular weight is 230 g/mol. The zero-order chi connectivity index (χ0) is 11.4. The highest BCUT2D eigenvalue weighted by atomic mass is 32.2. The van der Waals surface area contributed by atoms with Crippen LogP contribution >= 0.6 is 11.8 Å². The van der Waals surface area contributed by atoms with Crippen LogP contribution in [0.25, 0.3) is 0 Å². The van der Waals surface area contributed by atoms with Crippen LogP contribution in [0.15, 0.2) is 4.99 Å².